The first-order valence-corrected chi connectivity index (χ1v) is 8.37. The fraction of sp³-hybridized carbons (Fsp3) is 0.500. The molecular formula is C14H18F2N2O3S. The van der Waals surface area contributed by atoms with Gasteiger partial charge < -0.3 is 5.32 Å². The molecule has 0 bridgehead atoms. The summed E-state index contributed by atoms with van der Waals surface area (Å²) in [5, 5.41) is 2.73. The molecule has 0 radical (unpaired) electrons. The number of carbonyl (C=O) groups is 1. The zero-order chi connectivity index (χ0) is 16.5. The van der Waals surface area contributed by atoms with Gasteiger partial charge in [-0.25, -0.2) is 21.5 Å². The van der Waals surface area contributed by atoms with Gasteiger partial charge in [-0.2, -0.15) is 0 Å². The summed E-state index contributed by atoms with van der Waals surface area (Å²) in [6.07, 6.45) is 1.85. The van der Waals surface area contributed by atoms with Gasteiger partial charge in [-0.05, 0) is 37.5 Å². The lowest BCUT2D eigenvalue weighted by Crippen LogP contribution is -2.33. The number of hydrogen-bond donors (Lipinski definition) is 1. The summed E-state index contributed by atoms with van der Waals surface area (Å²) in [5.41, 5.74) is 0.0305. The third-order valence-corrected chi connectivity index (χ3v) is 5.37. The maximum atomic E-state index is 13.8. The van der Waals surface area contributed by atoms with Crippen LogP contribution in [0.15, 0.2) is 17.0 Å². The van der Waals surface area contributed by atoms with E-state index in [0.717, 1.165) is 23.2 Å². The van der Waals surface area contributed by atoms with Crippen LogP contribution in [0.5, 0.6) is 0 Å². The molecular weight excluding hydrogens is 314 g/mol. The minimum Gasteiger partial charge on any atom is -0.353 e. The second kappa shape index (κ2) is 6.29. The number of rotatable bonds is 6. The quantitative estimate of drug-likeness (QED) is 0.860. The second-order valence-electron chi connectivity index (χ2n) is 5.45. The van der Waals surface area contributed by atoms with Gasteiger partial charge in [-0.1, -0.05) is 0 Å². The van der Waals surface area contributed by atoms with Gasteiger partial charge in [0.1, 0.15) is 16.5 Å². The number of aryl methyl sites for hydroxylation is 1. The van der Waals surface area contributed by atoms with Crippen molar-refractivity contribution in [1.29, 1.82) is 0 Å². The first-order valence-electron chi connectivity index (χ1n) is 6.93. The molecule has 0 saturated heterocycles. The molecule has 0 aliphatic heterocycles. The molecule has 22 heavy (non-hydrogen) atoms. The molecule has 5 nitrogen and oxygen atoms in total. The van der Waals surface area contributed by atoms with Crippen LogP contribution < -0.4 is 5.32 Å². The van der Waals surface area contributed by atoms with Gasteiger partial charge in [0.15, 0.2) is 0 Å². The predicted molar refractivity (Wildman–Crippen MR) is 76.7 cm³/mol. The number of sulfonamides is 1. The molecule has 1 N–H and O–H groups in total. The van der Waals surface area contributed by atoms with Gasteiger partial charge in [0.2, 0.25) is 15.9 Å². The molecule has 1 fully saturated rings. The lowest BCUT2D eigenvalue weighted by Gasteiger charge is -2.17. The van der Waals surface area contributed by atoms with E-state index in [-0.39, 0.29) is 30.5 Å². The van der Waals surface area contributed by atoms with Crippen molar-refractivity contribution in [2.24, 2.45) is 0 Å². The van der Waals surface area contributed by atoms with E-state index in [0.29, 0.717) is 6.07 Å². The molecule has 2 rings (SSSR count). The van der Waals surface area contributed by atoms with Crippen LogP contribution in [0.3, 0.4) is 0 Å². The molecule has 1 amide bonds. The maximum Gasteiger partial charge on any atom is 0.245 e. The number of carbonyl (C=O) groups excluding carboxylic acids is 1. The standard InChI is InChI=1S/C14H18F2N2O3S/c1-9-7-12(16)13(8-11(9)15)22(20,21)18(2)6-5-14(19)17-10-3-4-10/h7-8,10H,3-6H2,1-2H3,(H,17,19). The van der Waals surface area contributed by atoms with E-state index in [1.807, 2.05) is 0 Å². The molecule has 0 spiro atoms. The summed E-state index contributed by atoms with van der Waals surface area (Å²) in [7, 11) is -2.95. The summed E-state index contributed by atoms with van der Waals surface area (Å²) in [6.45, 7) is 1.25. The van der Waals surface area contributed by atoms with Crippen LogP contribution in [0.4, 0.5) is 8.78 Å². The third-order valence-electron chi connectivity index (χ3n) is 3.50. The number of amides is 1. The molecule has 1 aromatic rings. The molecule has 0 heterocycles. The fourth-order valence-corrected chi connectivity index (χ4v) is 3.13. The monoisotopic (exact) mass is 332 g/mol. The zero-order valence-electron chi connectivity index (χ0n) is 12.4. The van der Waals surface area contributed by atoms with Gasteiger partial charge in [-0.15, -0.1) is 0 Å². The van der Waals surface area contributed by atoms with Crippen LogP contribution in [0.2, 0.25) is 0 Å². The Hall–Kier alpha value is -1.54. The van der Waals surface area contributed by atoms with Crippen molar-refractivity contribution in [1.82, 2.24) is 9.62 Å². The number of halogens is 2. The van der Waals surface area contributed by atoms with Crippen molar-refractivity contribution in [2.45, 2.75) is 37.1 Å². The lowest BCUT2D eigenvalue weighted by molar-refractivity contribution is -0.121. The summed E-state index contributed by atoms with van der Waals surface area (Å²) < 4.78 is 52.7. The number of nitrogens with zero attached hydrogens (tertiary/aromatic N) is 1. The Morgan fingerprint density at radius 1 is 1.32 bits per heavy atom. The van der Waals surface area contributed by atoms with E-state index < -0.39 is 26.6 Å². The highest BCUT2D eigenvalue weighted by atomic mass is 32.2. The van der Waals surface area contributed by atoms with Gasteiger partial charge in [-0.3, -0.25) is 4.79 Å². The van der Waals surface area contributed by atoms with Crippen molar-refractivity contribution >= 4 is 15.9 Å². The first-order chi connectivity index (χ1) is 10.2. The smallest absolute Gasteiger partial charge is 0.245 e. The molecule has 8 heteroatoms. The molecule has 0 aromatic heterocycles. The van der Waals surface area contributed by atoms with Crippen molar-refractivity contribution in [3.63, 3.8) is 0 Å². The number of nitrogens with one attached hydrogen (secondary N) is 1. The molecule has 1 aromatic carbocycles. The van der Waals surface area contributed by atoms with Gasteiger partial charge in [0.25, 0.3) is 0 Å². The Bertz CT molecular complexity index is 688. The Kier molecular flexibility index (Phi) is 4.81. The van der Waals surface area contributed by atoms with Crippen molar-refractivity contribution in [3.05, 3.63) is 29.3 Å². The van der Waals surface area contributed by atoms with Crippen molar-refractivity contribution in [2.75, 3.05) is 13.6 Å². The maximum absolute atomic E-state index is 13.8. The average molecular weight is 332 g/mol. The Balaban J connectivity index is 2.08. The first kappa shape index (κ1) is 16.8. The second-order valence-corrected chi connectivity index (χ2v) is 7.46. The van der Waals surface area contributed by atoms with Crippen LogP contribution in [0.25, 0.3) is 0 Å². The third kappa shape index (κ3) is 3.80. The van der Waals surface area contributed by atoms with E-state index in [2.05, 4.69) is 5.32 Å². The highest BCUT2D eigenvalue weighted by Gasteiger charge is 2.27. The van der Waals surface area contributed by atoms with Gasteiger partial charge >= 0.3 is 0 Å². The topological polar surface area (TPSA) is 66.5 Å². The van der Waals surface area contributed by atoms with E-state index in [4.69, 9.17) is 0 Å². The zero-order valence-corrected chi connectivity index (χ0v) is 13.2. The largest absolute Gasteiger partial charge is 0.353 e. The summed E-state index contributed by atoms with van der Waals surface area (Å²) in [5.74, 6) is -2.05. The average Bonchev–Trinajstić information content (AvgIpc) is 3.23. The Morgan fingerprint density at radius 3 is 2.55 bits per heavy atom. The molecule has 1 aliphatic carbocycles. The summed E-state index contributed by atoms with van der Waals surface area (Å²) in [6, 6.07) is 1.70. The molecule has 0 unspecified atom stereocenters. The van der Waals surface area contributed by atoms with Crippen LogP contribution >= 0.6 is 0 Å². The number of hydrogen-bond acceptors (Lipinski definition) is 3. The fourth-order valence-electron chi connectivity index (χ4n) is 1.90. The Labute approximate surface area is 128 Å². The lowest BCUT2D eigenvalue weighted by atomic mass is 10.2. The van der Waals surface area contributed by atoms with Crippen LogP contribution in [0.1, 0.15) is 24.8 Å². The number of benzene rings is 1. The van der Waals surface area contributed by atoms with Crippen LogP contribution in [-0.2, 0) is 14.8 Å². The van der Waals surface area contributed by atoms with Crippen molar-refractivity contribution < 1.29 is 22.0 Å². The molecule has 122 valence electrons. The van der Waals surface area contributed by atoms with Crippen molar-refractivity contribution in [3.8, 4) is 0 Å². The van der Waals surface area contributed by atoms with E-state index in [1.54, 1.807) is 0 Å². The normalized spacial score (nSPS) is 15.1. The predicted octanol–water partition coefficient (Wildman–Crippen LogP) is 1.56. The van der Waals surface area contributed by atoms with E-state index in [9.17, 15) is 22.0 Å². The minimum absolute atomic E-state index is 0.0256. The minimum atomic E-state index is -4.18. The van der Waals surface area contributed by atoms with E-state index >= 15 is 0 Å². The highest BCUT2D eigenvalue weighted by molar-refractivity contribution is 7.89. The summed E-state index contributed by atoms with van der Waals surface area (Å²) >= 11 is 0. The van der Waals surface area contributed by atoms with Crippen LogP contribution in [0, 0.1) is 18.6 Å². The van der Waals surface area contributed by atoms with E-state index in [1.165, 1.54) is 14.0 Å². The molecule has 1 saturated carbocycles. The van der Waals surface area contributed by atoms with Crippen LogP contribution in [-0.4, -0.2) is 38.3 Å². The van der Waals surface area contributed by atoms with Gasteiger partial charge in [0, 0.05) is 26.1 Å². The summed E-state index contributed by atoms with van der Waals surface area (Å²) in [4.78, 5) is 10.8. The van der Waals surface area contributed by atoms with Gasteiger partial charge in [0.05, 0.1) is 0 Å². The molecule has 0 atom stereocenters. The molecule has 1 aliphatic rings. The Morgan fingerprint density at radius 2 is 1.95 bits per heavy atom. The SMILES string of the molecule is Cc1cc(F)c(S(=O)(=O)N(C)CCC(=O)NC2CC2)cc1F. The highest BCUT2D eigenvalue weighted by Crippen LogP contribution is 2.22.